The molecule has 1 amide bonds. The summed E-state index contributed by atoms with van der Waals surface area (Å²) < 4.78 is 26.1. The number of carbonyl (C=O) groups is 1. The van der Waals surface area contributed by atoms with Crippen LogP contribution >= 0.6 is 0 Å². The lowest BCUT2D eigenvalue weighted by atomic mass is 10.2. The zero-order valence-electron chi connectivity index (χ0n) is 14.1. The van der Waals surface area contributed by atoms with Gasteiger partial charge in [-0.25, -0.2) is 8.78 Å². The van der Waals surface area contributed by atoms with Crippen LogP contribution in [0, 0.1) is 11.6 Å². The maximum atomic E-state index is 13.2. The molecule has 2 N–H and O–H groups in total. The Balaban J connectivity index is 1.96. The molecule has 0 aromatic heterocycles. The molecule has 134 valence electrons. The van der Waals surface area contributed by atoms with E-state index in [1.807, 2.05) is 42.2 Å². The van der Waals surface area contributed by atoms with E-state index in [1.54, 1.807) is 0 Å². The highest BCUT2D eigenvalue weighted by Gasteiger charge is 2.13. The summed E-state index contributed by atoms with van der Waals surface area (Å²) in [4.78, 5) is 14.0. The highest BCUT2D eigenvalue weighted by molar-refractivity contribution is 5.91. The predicted molar refractivity (Wildman–Crippen MR) is 94.6 cm³/mol. The fourth-order valence-corrected chi connectivity index (χ4v) is 2.38. The Morgan fingerprint density at radius 2 is 1.88 bits per heavy atom. The van der Waals surface area contributed by atoms with Crippen LogP contribution in [-0.2, 0) is 4.79 Å². The third-order valence-corrected chi connectivity index (χ3v) is 3.84. The van der Waals surface area contributed by atoms with E-state index >= 15 is 0 Å². The first-order valence-electron chi connectivity index (χ1n) is 8.22. The maximum absolute atomic E-state index is 13.2. The number of nitrogens with zero attached hydrogens (tertiary/aromatic N) is 1. The number of nitrogens with one attached hydrogen (secondary N) is 1. The first-order chi connectivity index (χ1) is 12.0. The van der Waals surface area contributed by atoms with Gasteiger partial charge in [-0.15, -0.1) is 0 Å². The third kappa shape index (κ3) is 5.83. The summed E-state index contributed by atoms with van der Waals surface area (Å²) in [5, 5.41) is 12.5. The number of hydrogen-bond acceptors (Lipinski definition) is 3. The number of carbonyl (C=O) groups excluding carboxylic acids is 1. The molecule has 0 aliphatic rings. The van der Waals surface area contributed by atoms with Gasteiger partial charge in [0.2, 0.25) is 5.91 Å². The highest BCUT2D eigenvalue weighted by Crippen LogP contribution is 2.16. The van der Waals surface area contributed by atoms with Gasteiger partial charge in [-0.3, -0.25) is 4.79 Å². The Morgan fingerprint density at radius 1 is 1.16 bits per heavy atom. The number of hydrogen-bond donors (Lipinski definition) is 2. The molecule has 2 aromatic rings. The number of para-hydroxylation sites is 1. The second kappa shape index (κ2) is 9.13. The fourth-order valence-electron chi connectivity index (χ4n) is 2.38. The number of benzene rings is 2. The van der Waals surface area contributed by atoms with Crippen molar-refractivity contribution < 1.29 is 18.7 Å². The molecule has 0 spiro atoms. The zero-order chi connectivity index (χ0) is 18.2. The van der Waals surface area contributed by atoms with Crippen LogP contribution < -0.4 is 10.2 Å². The van der Waals surface area contributed by atoms with Gasteiger partial charge in [0.25, 0.3) is 0 Å². The van der Waals surface area contributed by atoms with E-state index in [0.717, 1.165) is 17.8 Å². The smallest absolute Gasteiger partial charge is 0.226 e. The van der Waals surface area contributed by atoms with E-state index in [0.29, 0.717) is 19.5 Å². The van der Waals surface area contributed by atoms with Crippen LogP contribution in [0.25, 0.3) is 0 Å². The maximum Gasteiger partial charge on any atom is 0.226 e. The SMILES string of the molecule is CCC(O)CN(CCC(=O)Nc1ccc(F)c(F)c1)c1ccccc1. The van der Waals surface area contributed by atoms with Crippen LogP contribution in [0.5, 0.6) is 0 Å². The number of halogens is 2. The molecular weight excluding hydrogens is 326 g/mol. The van der Waals surface area contributed by atoms with Gasteiger partial charge in [0.15, 0.2) is 11.6 Å². The van der Waals surface area contributed by atoms with Gasteiger partial charge in [0.05, 0.1) is 6.10 Å². The molecule has 0 bridgehead atoms. The van der Waals surface area contributed by atoms with Crippen molar-refractivity contribution in [3.05, 3.63) is 60.2 Å². The first-order valence-corrected chi connectivity index (χ1v) is 8.22. The molecule has 25 heavy (non-hydrogen) atoms. The molecule has 6 heteroatoms. The Kier molecular flexibility index (Phi) is 6.89. The third-order valence-electron chi connectivity index (χ3n) is 3.84. The van der Waals surface area contributed by atoms with Gasteiger partial charge < -0.3 is 15.3 Å². The van der Waals surface area contributed by atoms with Gasteiger partial charge in [0.1, 0.15) is 0 Å². The molecule has 0 heterocycles. The monoisotopic (exact) mass is 348 g/mol. The van der Waals surface area contributed by atoms with Gasteiger partial charge >= 0.3 is 0 Å². The quantitative estimate of drug-likeness (QED) is 0.767. The minimum atomic E-state index is -1.00. The molecule has 0 saturated heterocycles. The van der Waals surface area contributed by atoms with Crippen LogP contribution in [0.3, 0.4) is 0 Å². The zero-order valence-corrected chi connectivity index (χ0v) is 14.1. The van der Waals surface area contributed by atoms with Crippen molar-refractivity contribution in [2.24, 2.45) is 0 Å². The van der Waals surface area contributed by atoms with Crippen LogP contribution in [0.2, 0.25) is 0 Å². The van der Waals surface area contributed by atoms with Crippen LogP contribution in [0.1, 0.15) is 19.8 Å². The lowest BCUT2D eigenvalue weighted by molar-refractivity contribution is -0.116. The second-order valence-electron chi connectivity index (χ2n) is 5.77. The molecule has 0 aliphatic heterocycles. The minimum absolute atomic E-state index is 0.157. The standard InChI is InChI=1S/C19H22F2N2O2/c1-2-16(24)13-23(15-6-4-3-5-7-15)11-10-19(25)22-14-8-9-17(20)18(21)12-14/h3-9,12,16,24H,2,10-11,13H2,1H3,(H,22,25). The Labute approximate surface area is 146 Å². The molecule has 1 unspecified atom stereocenters. The second-order valence-corrected chi connectivity index (χ2v) is 5.77. The van der Waals surface area contributed by atoms with Gasteiger partial charge in [-0.2, -0.15) is 0 Å². The summed E-state index contributed by atoms with van der Waals surface area (Å²) in [5.74, 6) is -2.27. The number of aliphatic hydroxyl groups is 1. The minimum Gasteiger partial charge on any atom is -0.391 e. The van der Waals surface area contributed by atoms with Crippen molar-refractivity contribution in [1.82, 2.24) is 0 Å². The summed E-state index contributed by atoms with van der Waals surface area (Å²) in [7, 11) is 0. The molecule has 0 radical (unpaired) electrons. The highest BCUT2D eigenvalue weighted by atomic mass is 19.2. The van der Waals surface area contributed by atoms with E-state index < -0.39 is 17.7 Å². The van der Waals surface area contributed by atoms with E-state index in [4.69, 9.17) is 0 Å². The van der Waals surface area contributed by atoms with E-state index in [9.17, 15) is 18.7 Å². The normalized spacial score (nSPS) is 11.8. The van der Waals surface area contributed by atoms with E-state index in [1.165, 1.54) is 6.07 Å². The molecule has 0 saturated carbocycles. The molecule has 1 atom stereocenters. The Bertz CT molecular complexity index is 695. The van der Waals surface area contributed by atoms with Crippen molar-refractivity contribution in [3.63, 3.8) is 0 Å². The summed E-state index contributed by atoms with van der Waals surface area (Å²) in [6.45, 7) is 2.71. The molecule has 2 aromatic carbocycles. The number of amides is 1. The number of aliphatic hydroxyl groups excluding tert-OH is 1. The summed E-state index contributed by atoms with van der Waals surface area (Å²) in [5.41, 5.74) is 1.12. The first kappa shape index (κ1) is 18.9. The topological polar surface area (TPSA) is 52.6 Å². The molecule has 0 aliphatic carbocycles. The summed E-state index contributed by atoms with van der Waals surface area (Å²) in [6, 6.07) is 12.7. The largest absolute Gasteiger partial charge is 0.391 e. The van der Waals surface area contributed by atoms with Crippen molar-refractivity contribution in [2.45, 2.75) is 25.9 Å². The Hall–Kier alpha value is -2.47. The van der Waals surface area contributed by atoms with Crippen LogP contribution in [-0.4, -0.2) is 30.2 Å². The predicted octanol–water partition coefficient (Wildman–Crippen LogP) is 3.57. The molecular formula is C19H22F2N2O2. The van der Waals surface area contributed by atoms with E-state index in [-0.39, 0.29) is 18.0 Å². The summed E-state index contributed by atoms with van der Waals surface area (Å²) >= 11 is 0. The summed E-state index contributed by atoms with van der Waals surface area (Å²) in [6.07, 6.45) is 0.281. The lowest BCUT2D eigenvalue weighted by Gasteiger charge is -2.26. The molecule has 0 fully saturated rings. The van der Waals surface area contributed by atoms with Crippen molar-refractivity contribution in [3.8, 4) is 0 Å². The van der Waals surface area contributed by atoms with Crippen LogP contribution in [0.15, 0.2) is 48.5 Å². The molecule has 2 rings (SSSR count). The van der Waals surface area contributed by atoms with E-state index in [2.05, 4.69) is 5.32 Å². The fraction of sp³-hybridized carbons (Fsp3) is 0.316. The Morgan fingerprint density at radius 3 is 2.52 bits per heavy atom. The number of rotatable bonds is 8. The lowest BCUT2D eigenvalue weighted by Crippen LogP contribution is -2.34. The van der Waals surface area contributed by atoms with Gasteiger partial charge in [0, 0.05) is 37.0 Å². The van der Waals surface area contributed by atoms with Crippen molar-refractivity contribution in [2.75, 3.05) is 23.3 Å². The average Bonchev–Trinajstić information content (AvgIpc) is 2.62. The van der Waals surface area contributed by atoms with Crippen LogP contribution in [0.4, 0.5) is 20.2 Å². The average molecular weight is 348 g/mol. The number of anilines is 2. The van der Waals surface area contributed by atoms with Crippen molar-refractivity contribution >= 4 is 17.3 Å². The molecule has 4 nitrogen and oxygen atoms in total. The van der Waals surface area contributed by atoms with Crippen molar-refractivity contribution in [1.29, 1.82) is 0 Å². The van der Waals surface area contributed by atoms with Gasteiger partial charge in [-0.1, -0.05) is 25.1 Å². The van der Waals surface area contributed by atoms with Gasteiger partial charge in [-0.05, 0) is 30.7 Å².